The van der Waals surface area contributed by atoms with Crippen molar-refractivity contribution in [2.75, 3.05) is 29.1 Å². The zero-order valence-electron chi connectivity index (χ0n) is 16.2. The summed E-state index contributed by atoms with van der Waals surface area (Å²) in [5.74, 6) is 0.653. The maximum Gasteiger partial charge on any atom is 0.325 e. The lowest BCUT2D eigenvalue weighted by Crippen LogP contribution is -2.19. The van der Waals surface area contributed by atoms with E-state index in [1.807, 2.05) is 0 Å². The SMILES string of the molecule is O=C(Nc1cccc(Cl)c1)Nc1ncc(CCNc2ncnc3cnn(CCO)c23)s1. The van der Waals surface area contributed by atoms with Gasteiger partial charge in [0.2, 0.25) is 0 Å². The van der Waals surface area contributed by atoms with Gasteiger partial charge in [0, 0.05) is 34.7 Å². The van der Waals surface area contributed by atoms with Gasteiger partial charge in [0.05, 0.1) is 19.3 Å². The molecule has 0 aliphatic heterocycles. The van der Waals surface area contributed by atoms with Crippen molar-refractivity contribution in [3.63, 3.8) is 0 Å². The number of carbonyl (C=O) groups excluding carboxylic acids is 1. The van der Waals surface area contributed by atoms with Crippen LogP contribution in [-0.2, 0) is 13.0 Å². The normalized spacial score (nSPS) is 10.9. The highest BCUT2D eigenvalue weighted by Gasteiger charge is 2.11. The standard InChI is InChI=1S/C19H19ClN8O2S/c20-12-2-1-3-13(8-12)26-18(30)27-19-22-9-14(31-19)4-5-21-17-16-15(23-11-24-17)10-25-28(16)6-7-29/h1-3,8-11,29H,4-7H2,(H,21,23,24)(H2,22,26,27,30). The molecule has 2 amide bonds. The van der Waals surface area contributed by atoms with Crippen molar-refractivity contribution < 1.29 is 9.90 Å². The number of nitrogens with zero attached hydrogens (tertiary/aromatic N) is 5. The van der Waals surface area contributed by atoms with Crippen LogP contribution in [0.3, 0.4) is 0 Å². The van der Waals surface area contributed by atoms with E-state index >= 15 is 0 Å². The van der Waals surface area contributed by atoms with Crippen molar-refractivity contribution in [1.82, 2.24) is 24.7 Å². The van der Waals surface area contributed by atoms with E-state index in [2.05, 4.69) is 36.0 Å². The summed E-state index contributed by atoms with van der Waals surface area (Å²) in [5, 5.41) is 23.2. The summed E-state index contributed by atoms with van der Waals surface area (Å²) in [7, 11) is 0. The maximum absolute atomic E-state index is 12.1. The lowest BCUT2D eigenvalue weighted by Gasteiger charge is -2.08. The second kappa shape index (κ2) is 9.69. The molecule has 4 rings (SSSR count). The van der Waals surface area contributed by atoms with Crippen LogP contribution in [0, 0.1) is 0 Å². The Kier molecular flexibility index (Phi) is 6.55. The van der Waals surface area contributed by atoms with E-state index in [0.717, 1.165) is 10.4 Å². The predicted octanol–water partition coefficient (Wildman–Crippen LogP) is 3.23. The lowest BCUT2D eigenvalue weighted by atomic mass is 10.3. The van der Waals surface area contributed by atoms with Crippen LogP contribution in [0.25, 0.3) is 11.0 Å². The Hall–Kier alpha value is -3.28. The summed E-state index contributed by atoms with van der Waals surface area (Å²) < 4.78 is 1.67. The number of thiazole rings is 1. The average Bonchev–Trinajstić information content (AvgIpc) is 3.36. The number of aliphatic hydroxyl groups excluding tert-OH is 1. The maximum atomic E-state index is 12.1. The van der Waals surface area contributed by atoms with Gasteiger partial charge in [0.1, 0.15) is 17.4 Å². The molecule has 0 saturated heterocycles. The molecule has 10 nitrogen and oxygen atoms in total. The van der Waals surface area contributed by atoms with Crippen LogP contribution >= 0.6 is 22.9 Å². The molecule has 0 saturated carbocycles. The van der Waals surface area contributed by atoms with Crippen molar-refractivity contribution in [1.29, 1.82) is 0 Å². The molecule has 1 aromatic carbocycles. The van der Waals surface area contributed by atoms with Gasteiger partial charge in [-0.2, -0.15) is 5.10 Å². The smallest absolute Gasteiger partial charge is 0.325 e. The van der Waals surface area contributed by atoms with Crippen LogP contribution in [0.4, 0.5) is 21.4 Å². The van der Waals surface area contributed by atoms with Crippen molar-refractivity contribution in [2.24, 2.45) is 0 Å². The summed E-state index contributed by atoms with van der Waals surface area (Å²) in [5.41, 5.74) is 2.06. The van der Waals surface area contributed by atoms with Crippen molar-refractivity contribution in [3.05, 3.63) is 52.9 Å². The average molecular weight is 459 g/mol. The molecule has 12 heteroatoms. The van der Waals surface area contributed by atoms with Crippen molar-refractivity contribution in [3.8, 4) is 0 Å². The second-order valence-corrected chi connectivity index (χ2v) is 8.00. The zero-order valence-corrected chi connectivity index (χ0v) is 17.8. The quantitative estimate of drug-likeness (QED) is 0.319. The summed E-state index contributed by atoms with van der Waals surface area (Å²) in [4.78, 5) is 25.9. The molecule has 4 aromatic rings. The van der Waals surface area contributed by atoms with Gasteiger partial charge in [-0.05, 0) is 18.2 Å². The van der Waals surface area contributed by atoms with E-state index in [1.54, 1.807) is 41.3 Å². The third-order valence-electron chi connectivity index (χ3n) is 4.26. The van der Waals surface area contributed by atoms with Gasteiger partial charge in [-0.15, -0.1) is 11.3 Å². The highest BCUT2D eigenvalue weighted by Crippen LogP contribution is 2.21. The number of amides is 2. The number of hydrogen-bond donors (Lipinski definition) is 4. The first-order valence-electron chi connectivity index (χ1n) is 9.42. The largest absolute Gasteiger partial charge is 0.394 e. The van der Waals surface area contributed by atoms with E-state index < -0.39 is 0 Å². The fourth-order valence-electron chi connectivity index (χ4n) is 2.93. The minimum absolute atomic E-state index is 0.0212. The highest BCUT2D eigenvalue weighted by molar-refractivity contribution is 7.15. The fraction of sp³-hybridized carbons (Fsp3) is 0.211. The molecule has 3 aromatic heterocycles. The first kappa shape index (κ1) is 21.0. The molecule has 0 atom stereocenters. The van der Waals surface area contributed by atoms with E-state index in [-0.39, 0.29) is 12.6 Å². The number of nitrogens with one attached hydrogen (secondary N) is 3. The molecule has 0 aliphatic rings. The Morgan fingerprint density at radius 3 is 2.94 bits per heavy atom. The number of urea groups is 1. The van der Waals surface area contributed by atoms with E-state index in [1.165, 1.54) is 17.7 Å². The molecule has 4 N–H and O–H groups in total. The fourth-order valence-corrected chi connectivity index (χ4v) is 3.93. The molecule has 0 bridgehead atoms. The minimum Gasteiger partial charge on any atom is -0.394 e. The third-order valence-corrected chi connectivity index (χ3v) is 5.47. The Bertz CT molecular complexity index is 1190. The molecular weight excluding hydrogens is 440 g/mol. The number of benzene rings is 1. The van der Waals surface area contributed by atoms with Crippen LogP contribution in [0.2, 0.25) is 5.02 Å². The van der Waals surface area contributed by atoms with Crippen molar-refractivity contribution in [2.45, 2.75) is 13.0 Å². The highest BCUT2D eigenvalue weighted by atomic mass is 35.5. The molecule has 160 valence electrons. The van der Waals surface area contributed by atoms with Gasteiger partial charge in [-0.1, -0.05) is 17.7 Å². The predicted molar refractivity (Wildman–Crippen MR) is 121 cm³/mol. The van der Waals surface area contributed by atoms with Crippen LogP contribution < -0.4 is 16.0 Å². The van der Waals surface area contributed by atoms with Crippen LogP contribution in [-0.4, -0.2) is 49.0 Å². The first-order chi connectivity index (χ1) is 15.1. The van der Waals surface area contributed by atoms with E-state index in [0.29, 0.717) is 46.7 Å². The number of hydrogen-bond acceptors (Lipinski definition) is 8. The molecular formula is C19H19ClN8O2S. The Morgan fingerprint density at radius 2 is 2.10 bits per heavy atom. The van der Waals surface area contributed by atoms with Gasteiger partial charge in [0.15, 0.2) is 10.9 Å². The lowest BCUT2D eigenvalue weighted by molar-refractivity contribution is 0.262. The van der Waals surface area contributed by atoms with Crippen LogP contribution in [0.5, 0.6) is 0 Å². The summed E-state index contributed by atoms with van der Waals surface area (Å²) in [6.07, 6.45) is 5.54. The van der Waals surface area contributed by atoms with Gasteiger partial charge in [-0.25, -0.2) is 19.7 Å². The molecule has 0 fully saturated rings. The number of rotatable bonds is 8. The first-order valence-corrected chi connectivity index (χ1v) is 10.6. The zero-order chi connectivity index (χ0) is 21.6. The van der Waals surface area contributed by atoms with Crippen LogP contribution in [0.15, 0.2) is 43.0 Å². The van der Waals surface area contributed by atoms with Gasteiger partial charge < -0.3 is 15.7 Å². The summed E-state index contributed by atoms with van der Waals surface area (Å²) in [6, 6.07) is 6.52. The summed E-state index contributed by atoms with van der Waals surface area (Å²) >= 11 is 7.32. The van der Waals surface area contributed by atoms with E-state index in [9.17, 15) is 9.90 Å². The molecule has 0 aliphatic carbocycles. The Morgan fingerprint density at radius 1 is 1.19 bits per heavy atom. The number of halogens is 1. The molecule has 0 unspecified atom stereocenters. The second-order valence-electron chi connectivity index (χ2n) is 6.45. The Labute approximate surface area is 186 Å². The number of aromatic nitrogens is 5. The third kappa shape index (κ3) is 5.26. The van der Waals surface area contributed by atoms with Gasteiger partial charge in [-0.3, -0.25) is 10.00 Å². The summed E-state index contributed by atoms with van der Waals surface area (Å²) in [6.45, 7) is 0.950. The Balaban J connectivity index is 1.32. The van der Waals surface area contributed by atoms with Crippen molar-refractivity contribution >= 4 is 56.6 Å². The van der Waals surface area contributed by atoms with E-state index in [4.69, 9.17) is 11.6 Å². The number of carbonyl (C=O) groups is 1. The minimum atomic E-state index is -0.387. The molecule has 0 spiro atoms. The van der Waals surface area contributed by atoms with Gasteiger partial charge in [0.25, 0.3) is 0 Å². The number of anilines is 3. The monoisotopic (exact) mass is 458 g/mol. The molecule has 31 heavy (non-hydrogen) atoms. The molecule has 3 heterocycles. The van der Waals surface area contributed by atoms with Crippen LogP contribution in [0.1, 0.15) is 4.88 Å². The number of aliphatic hydroxyl groups is 1. The molecule has 0 radical (unpaired) electrons. The topological polar surface area (TPSA) is 130 Å². The van der Waals surface area contributed by atoms with Gasteiger partial charge >= 0.3 is 6.03 Å². The number of fused-ring (bicyclic) bond motifs is 1.